The second-order valence-electron chi connectivity index (χ2n) is 5.33. The Bertz CT molecular complexity index is 919. The van der Waals surface area contributed by atoms with Gasteiger partial charge in [-0.05, 0) is 35.0 Å². The third-order valence-electron chi connectivity index (χ3n) is 3.49. The molecule has 0 aliphatic rings. The van der Waals surface area contributed by atoms with E-state index in [0.717, 1.165) is 11.1 Å². The lowest BCUT2D eigenvalue weighted by atomic mass is 10.1. The number of aromatic nitrogens is 1. The lowest BCUT2D eigenvalue weighted by molar-refractivity contribution is 0.0825. The van der Waals surface area contributed by atoms with E-state index in [1.54, 1.807) is 24.3 Å². The first-order valence-electron chi connectivity index (χ1n) is 7.43. The molecule has 0 aliphatic heterocycles. The van der Waals surface area contributed by atoms with Crippen LogP contribution in [0.5, 0.6) is 0 Å². The van der Waals surface area contributed by atoms with Gasteiger partial charge in [0.2, 0.25) is 5.76 Å². The zero-order valence-corrected chi connectivity index (χ0v) is 14.8. The van der Waals surface area contributed by atoms with Crippen molar-refractivity contribution in [3.63, 3.8) is 0 Å². The highest BCUT2D eigenvalue weighted by molar-refractivity contribution is 9.10. The number of benzene rings is 2. The highest BCUT2D eigenvalue weighted by Crippen LogP contribution is 2.19. The molecule has 1 heterocycles. The number of hydrogen-bond donors (Lipinski definition) is 2. The number of amides is 2. The molecule has 2 N–H and O–H groups in total. The smallest absolute Gasteiger partial charge is 0.308 e. The highest BCUT2D eigenvalue weighted by Gasteiger charge is 2.16. The van der Waals surface area contributed by atoms with Gasteiger partial charge in [0.15, 0.2) is 0 Å². The van der Waals surface area contributed by atoms with E-state index in [4.69, 9.17) is 4.52 Å². The fourth-order valence-corrected chi connectivity index (χ4v) is 2.60. The van der Waals surface area contributed by atoms with Gasteiger partial charge in [-0.1, -0.05) is 47.1 Å². The summed E-state index contributed by atoms with van der Waals surface area (Å²) in [6.07, 6.45) is 0. The summed E-state index contributed by atoms with van der Waals surface area (Å²) < 4.78 is 5.68. The summed E-state index contributed by atoms with van der Waals surface area (Å²) in [7, 11) is 0. The minimum absolute atomic E-state index is 0.00278. The molecule has 3 aromatic rings. The second-order valence-corrected chi connectivity index (χ2v) is 6.18. The van der Waals surface area contributed by atoms with Gasteiger partial charge in [-0.3, -0.25) is 20.4 Å². The van der Waals surface area contributed by atoms with Crippen LogP contribution in [-0.2, 0) is 0 Å². The fraction of sp³-hybridized carbons (Fsp3) is 0.0556. The molecule has 0 saturated heterocycles. The molecule has 0 saturated carbocycles. The Morgan fingerprint density at radius 2 is 1.68 bits per heavy atom. The van der Waals surface area contributed by atoms with Crippen LogP contribution in [0.2, 0.25) is 0 Å². The van der Waals surface area contributed by atoms with E-state index in [9.17, 15) is 9.59 Å². The van der Waals surface area contributed by atoms with Gasteiger partial charge in [-0.25, -0.2) is 0 Å². The molecule has 2 aromatic carbocycles. The standard InChI is InChI=1S/C18H14BrN3O3/c1-11-6-8-12(9-7-11)15-10-16(25-22-15)18(24)21-20-17(23)13-4-2-3-5-14(13)19/h2-10H,1H3,(H,20,23)(H,21,24). The number of carbonyl (C=O) groups is 2. The molecule has 0 spiro atoms. The molecule has 0 bridgehead atoms. The van der Waals surface area contributed by atoms with Crippen molar-refractivity contribution in [2.45, 2.75) is 6.92 Å². The zero-order chi connectivity index (χ0) is 17.8. The van der Waals surface area contributed by atoms with E-state index < -0.39 is 11.8 Å². The van der Waals surface area contributed by atoms with Gasteiger partial charge in [0.1, 0.15) is 5.69 Å². The SMILES string of the molecule is Cc1ccc(-c2cc(C(=O)NNC(=O)c3ccccc3Br)on2)cc1. The predicted molar refractivity (Wildman–Crippen MR) is 95.8 cm³/mol. The molecular weight excluding hydrogens is 386 g/mol. The lowest BCUT2D eigenvalue weighted by Gasteiger charge is -2.06. The number of carbonyl (C=O) groups excluding carboxylic acids is 2. The fourth-order valence-electron chi connectivity index (χ4n) is 2.13. The molecule has 25 heavy (non-hydrogen) atoms. The van der Waals surface area contributed by atoms with E-state index >= 15 is 0 Å². The Hall–Kier alpha value is -2.93. The van der Waals surface area contributed by atoms with Crippen molar-refractivity contribution in [3.05, 3.63) is 76.0 Å². The molecule has 0 unspecified atom stereocenters. The van der Waals surface area contributed by atoms with Gasteiger partial charge in [-0.15, -0.1) is 0 Å². The van der Waals surface area contributed by atoms with Crippen molar-refractivity contribution in [1.82, 2.24) is 16.0 Å². The summed E-state index contributed by atoms with van der Waals surface area (Å²) in [4.78, 5) is 24.2. The second kappa shape index (κ2) is 7.31. The normalized spacial score (nSPS) is 10.3. The molecule has 3 rings (SSSR count). The van der Waals surface area contributed by atoms with Gasteiger partial charge in [0.25, 0.3) is 5.91 Å². The van der Waals surface area contributed by atoms with Crippen LogP contribution in [0, 0.1) is 6.92 Å². The maximum Gasteiger partial charge on any atom is 0.308 e. The minimum atomic E-state index is -0.591. The van der Waals surface area contributed by atoms with E-state index in [2.05, 4.69) is 31.9 Å². The molecule has 126 valence electrons. The first-order chi connectivity index (χ1) is 12.0. The summed E-state index contributed by atoms with van der Waals surface area (Å²) in [6.45, 7) is 1.99. The van der Waals surface area contributed by atoms with Gasteiger partial charge < -0.3 is 4.52 Å². The molecule has 0 radical (unpaired) electrons. The van der Waals surface area contributed by atoms with Crippen LogP contribution >= 0.6 is 15.9 Å². The van der Waals surface area contributed by atoms with Crippen molar-refractivity contribution in [2.75, 3.05) is 0 Å². The lowest BCUT2D eigenvalue weighted by Crippen LogP contribution is -2.41. The van der Waals surface area contributed by atoms with Gasteiger partial charge in [-0.2, -0.15) is 0 Å². The monoisotopic (exact) mass is 399 g/mol. The largest absolute Gasteiger partial charge is 0.350 e. The van der Waals surface area contributed by atoms with Gasteiger partial charge in [0.05, 0.1) is 5.56 Å². The molecule has 0 aliphatic carbocycles. The summed E-state index contributed by atoms with van der Waals surface area (Å²) >= 11 is 3.28. The zero-order valence-electron chi connectivity index (χ0n) is 13.2. The highest BCUT2D eigenvalue weighted by atomic mass is 79.9. The first kappa shape index (κ1) is 16.9. The minimum Gasteiger partial charge on any atom is -0.350 e. The van der Waals surface area contributed by atoms with E-state index in [1.165, 1.54) is 6.07 Å². The van der Waals surface area contributed by atoms with Crippen LogP contribution in [0.3, 0.4) is 0 Å². The third kappa shape index (κ3) is 3.95. The van der Waals surface area contributed by atoms with Crippen LogP contribution in [0.4, 0.5) is 0 Å². The maximum atomic E-state index is 12.1. The average molecular weight is 400 g/mol. The Morgan fingerprint density at radius 3 is 2.40 bits per heavy atom. The average Bonchev–Trinajstić information content (AvgIpc) is 3.10. The van der Waals surface area contributed by atoms with E-state index in [1.807, 2.05) is 31.2 Å². The summed E-state index contributed by atoms with van der Waals surface area (Å²) in [5.74, 6) is -1.03. The summed E-state index contributed by atoms with van der Waals surface area (Å²) in [6, 6.07) is 16.1. The van der Waals surface area contributed by atoms with Crippen LogP contribution in [0.25, 0.3) is 11.3 Å². The van der Waals surface area contributed by atoms with Crippen molar-refractivity contribution in [2.24, 2.45) is 0 Å². The molecule has 7 heteroatoms. The predicted octanol–water partition coefficient (Wildman–Crippen LogP) is 3.49. The van der Waals surface area contributed by atoms with Crippen LogP contribution < -0.4 is 10.9 Å². The first-order valence-corrected chi connectivity index (χ1v) is 8.23. The third-order valence-corrected chi connectivity index (χ3v) is 4.18. The van der Waals surface area contributed by atoms with Gasteiger partial charge in [0, 0.05) is 16.1 Å². The molecule has 0 atom stereocenters. The Morgan fingerprint density at radius 1 is 1.00 bits per heavy atom. The topological polar surface area (TPSA) is 84.2 Å². The summed E-state index contributed by atoms with van der Waals surface area (Å²) in [5, 5.41) is 3.88. The van der Waals surface area contributed by atoms with E-state index in [0.29, 0.717) is 15.7 Å². The Balaban J connectivity index is 1.65. The van der Waals surface area contributed by atoms with Crippen molar-refractivity contribution < 1.29 is 14.1 Å². The van der Waals surface area contributed by atoms with Crippen molar-refractivity contribution in [3.8, 4) is 11.3 Å². The number of nitrogens with one attached hydrogen (secondary N) is 2. The van der Waals surface area contributed by atoms with Crippen LogP contribution in [0.15, 0.2) is 63.6 Å². The number of aryl methyl sites for hydroxylation is 1. The quantitative estimate of drug-likeness (QED) is 0.660. The van der Waals surface area contributed by atoms with Crippen molar-refractivity contribution in [1.29, 1.82) is 0 Å². The number of nitrogens with zero attached hydrogens (tertiary/aromatic N) is 1. The molecule has 2 amide bonds. The number of hydrazine groups is 1. The Kier molecular flexibility index (Phi) is 4.95. The summed E-state index contributed by atoms with van der Waals surface area (Å²) in [5.41, 5.74) is 7.55. The van der Waals surface area contributed by atoms with Gasteiger partial charge >= 0.3 is 5.91 Å². The molecular formula is C18H14BrN3O3. The number of rotatable bonds is 3. The van der Waals surface area contributed by atoms with E-state index in [-0.39, 0.29) is 5.76 Å². The Labute approximate surface area is 152 Å². The molecule has 6 nitrogen and oxygen atoms in total. The number of halogens is 1. The maximum absolute atomic E-state index is 12.1. The molecule has 1 aromatic heterocycles. The van der Waals surface area contributed by atoms with Crippen LogP contribution in [-0.4, -0.2) is 17.0 Å². The van der Waals surface area contributed by atoms with Crippen LogP contribution in [0.1, 0.15) is 26.5 Å². The molecule has 0 fully saturated rings. The van der Waals surface area contributed by atoms with Crippen molar-refractivity contribution >= 4 is 27.7 Å². The number of hydrogen-bond acceptors (Lipinski definition) is 4.